The monoisotopic (exact) mass is 306 g/mol. The van der Waals surface area contributed by atoms with Gasteiger partial charge in [0.15, 0.2) is 0 Å². The van der Waals surface area contributed by atoms with Crippen molar-refractivity contribution in [3.63, 3.8) is 0 Å². The minimum absolute atomic E-state index is 0.256. The first-order valence-corrected chi connectivity index (χ1v) is 8.76. The third-order valence-electron chi connectivity index (χ3n) is 3.87. The largest absolute Gasteiger partial charge is 0.328 e. The predicted molar refractivity (Wildman–Crippen MR) is 92.4 cm³/mol. The fraction of sp³-hybridized carbons (Fsp3) is 0.562. The van der Waals surface area contributed by atoms with Crippen molar-refractivity contribution in [1.82, 2.24) is 15.0 Å². The van der Waals surface area contributed by atoms with Crippen LogP contribution >= 0.6 is 11.8 Å². The average molecular weight is 306 g/mol. The molecule has 2 atom stereocenters. The van der Waals surface area contributed by atoms with Gasteiger partial charge in [0, 0.05) is 30.0 Å². The van der Waals surface area contributed by atoms with Gasteiger partial charge in [-0.2, -0.15) is 11.8 Å². The molecule has 0 radical (unpaired) electrons. The standard InChI is InChI=1S/C16H26N4S/c1-4-12(3)21-11-13(19-17)10-16-18-14-8-6-7-9-15(14)20(16)5-2/h6-9,12-13,19H,4-5,10-11,17H2,1-3H3. The maximum Gasteiger partial charge on any atom is 0.111 e. The molecule has 5 heteroatoms. The molecule has 0 spiro atoms. The van der Waals surface area contributed by atoms with Gasteiger partial charge >= 0.3 is 0 Å². The fourth-order valence-electron chi connectivity index (χ4n) is 2.42. The number of nitrogens with two attached hydrogens (primary N) is 1. The predicted octanol–water partition coefficient (Wildman–Crippen LogP) is 2.96. The summed E-state index contributed by atoms with van der Waals surface area (Å²) < 4.78 is 2.29. The molecule has 3 N–H and O–H groups in total. The van der Waals surface area contributed by atoms with Crippen LogP contribution in [0.3, 0.4) is 0 Å². The summed E-state index contributed by atoms with van der Waals surface area (Å²) in [7, 11) is 0. The Morgan fingerprint density at radius 3 is 2.76 bits per heavy atom. The van der Waals surface area contributed by atoms with Crippen LogP contribution in [0.1, 0.15) is 33.0 Å². The van der Waals surface area contributed by atoms with Crippen LogP contribution < -0.4 is 11.3 Å². The van der Waals surface area contributed by atoms with Crippen LogP contribution in [0.2, 0.25) is 0 Å². The number of rotatable bonds is 8. The second-order valence-electron chi connectivity index (χ2n) is 5.38. The van der Waals surface area contributed by atoms with E-state index >= 15 is 0 Å². The molecule has 0 saturated carbocycles. The first kappa shape index (κ1) is 16.3. The number of para-hydroxylation sites is 2. The molecule has 0 aliphatic rings. The molecule has 2 rings (SSSR count). The van der Waals surface area contributed by atoms with Crippen LogP contribution in [0, 0.1) is 0 Å². The van der Waals surface area contributed by atoms with Crippen molar-refractivity contribution < 1.29 is 0 Å². The number of hydrogen-bond donors (Lipinski definition) is 2. The first-order valence-electron chi connectivity index (χ1n) is 7.71. The zero-order chi connectivity index (χ0) is 15.2. The van der Waals surface area contributed by atoms with E-state index in [9.17, 15) is 0 Å². The molecule has 116 valence electrons. The third-order valence-corrected chi connectivity index (χ3v) is 5.37. The van der Waals surface area contributed by atoms with Crippen molar-refractivity contribution in [3.8, 4) is 0 Å². The lowest BCUT2D eigenvalue weighted by Crippen LogP contribution is -2.39. The Hall–Kier alpha value is -1.04. The van der Waals surface area contributed by atoms with E-state index in [4.69, 9.17) is 10.8 Å². The van der Waals surface area contributed by atoms with Crippen molar-refractivity contribution in [2.75, 3.05) is 5.75 Å². The van der Waals surface area contributed by atoms with Gasteiger partial charge in [0.1, 0.15) is 5.82 Å². The molecule has 1 aromatic carbocycles. The molecular formula is C16H26N4S. The summed E-state index contributed by atoms with van der Waals surface area (Å²) in [5.74, 6) is 7.86. The number of nitrogens with one attached hydrogen (secondary N) is 1. The Labute approximate surface area is 131 Å². The number of thioether (sulfide) groups is 1. The number of imidazole rings is 1. The summed E-state index contributed by atoms with van der Waals surface area (Å²) >= 11 is 1.97. The number of nitrogens with zero attached hydrogens (tertiary/aromatic N) is 2. The average Bonchev–Trinajstić information content (AvgIpc) is 2.87. The summed E-state index contributed by atoms with van der Waals surface area (Å²) in [4.78, 5) is 4.78. The minimum Gasteiger partial charge on any atom is -0.328 e. The molecule has 0 aliphatic carbocycles. The van der Waals surface area contributed by atoms with Gasteiger partial charge in [0.05, 0.1) is 11.0 Å². The maximum atomic E-state index is 5.73. The molecule has 21 heavy (non-hydrogen) atoms. The molecule has 0 fully saturated rings. The Bertz CT molecular complexity index is 566. The lowest BCUT2D eigenvalue weighted by molar-refractivity contribution is 0.546. The summed E-state index contributed by atoms with van der Waals surface area (Å²) in [6, 6.07) is 8.57. The maximum absolute atomic E-state index is 5.73. The Morgan fingerprint density at radius 1 is 1.33 bits per heavy atom. The normalized spacial score (nSPS) is 14.5. The number of benzene rings is 1. The lowest BCUT2D eigenvalue weighted by Gasteiger charge is -2.18. The molecular weight excluding hydrogens is 280 g/mol. The summed E-state index contributed by atoms with van der Waals surface area (Å²) in [6.45, 7) is 7.58. The quantitative estimate of drug-likeness (QED) is 0.581. The van der Waals surface area contributed by atoms with Gasteiger partial charge in [0.2, 0.25) is 0 Å². The summed E-state index contributed by atoms with van der Waals surface area (Å²) in [5, 5.41) is 0.672. The van der Waals surface area contributed by atoms with Crippen molar-refractivity contribution in [3.05, 3.63) is 30.1 Å². The highest BCUT2D eigenvalue weighted by atomic mass is 32.2. The number of aromatic nitrogens is 2. The number of hydrogen-bond acceptors (Lipinski definition) is 4. The van der Waals surface area contributed by atoms with Gasteiger partial charge in [-0.05, 0) is 25.5 Å². The molecule has 0 bridgehead atoms. The van der Waals surface area contributed by atoms with Crippen molar-refractivity contribution in [2.24, 2.45) is 5.84 Å². The van der Waals surface area contributed by atoms with Crippen LogP contribution in [0.25, 0.3) is 11.0 Å². The van der Waals surface area contributed by atoms with E-state index in [0.29, 0.717) is 5.25 Å². The van der Waals surface area contributed by atoms with Gasteiger partial charge in [0.25, 0.3) is 0 Å². The zero-order valence-electron chi connectivity index (χ0n) is 13.2. The zero-order valence-corrected chi connectivity index (χ0v) is 14.0. The van der Waals surface area contributed by atoms with Crippen LogP contribution in [-0.2, 0) is 13.0 Å². The van der Waals surface area contributed by atoms with Crippen LogP contribution in [0.5, 0.6) is 0 Å². The van der Waals surface area contributed by atoms with Gasteiger partial charge in [-0.1, -0.05) is 26.0 Å². The van der Waals surface area contributed by atoms with Gasteiger partial charge in [-0.15, -0.1) is 0 Å². The lowest BCUT2D eigenvalue weighted by atomic mass is 10.2. The van der Waals surface area contributed by atoms with E-state index in [2.05, 4.69) is 49.0 Å². The Morgan fingerprint density at radius 2 is 2.10 bits per heavy atom. The van der Waals surface area contributed by atoms with E-state index in [0.717, 1.165) is 30.1 Å². The molecule has 0 amide bonds. The van der Waals surface area contributed by atoms with Gasteiger partial charge in [-0.25, -0.2) is 4.98 Å². The topological polar surface area (TPSA) is 55.9 Å². The molecule has 1 aromatic heterocycles. The third kappa shape index (κ3) is 3.99. The minimum atomic E-state index is 0.256. The molecule has 0 aliphatic heterocycles. The van der Waals surface area contributed by atoms with E-state index in [1.165, 1.54) is 11.9 Å². The van der Waals surface area contributed by atoms with E-state index < -0.39 is 0 Å². The van der Waals surface area contributed by atoms with Gasteiger partial charge < -0.3 is 4.57 Å². The van der Waals surface area contributed by atoms with E-state index in [-0.39, 0.29) is 6.04 Å². The highest BCUT2D eigenvalue weighted by molar-refractivity contribution is 7.99. The molecule has 2 aromatic rings. The van der Waals surface area contributed by atoms with E-state index in [1.54, 1.807) is 0 Å². The van der Waals surface area contributed by atoms with Crippen molar-refractivity contribution in [1.29, 1.82) is 0 Å². The molecule has 2 unspecified atom stereocenters. The van der Waals surface area contributed by atoms with Crippen LogP contribution in [0.15, 0.2) is 24.3 Å². The molecule has 0 saturated heterocycles. The van der Waals surface area contributed by atoms with Gasteiger partial charge in [-0.3, -0.25) is 11.3 Å². The second kappa shape index (κ2) is 7.82. The smallest absolute Gasteiger partial charge is 0.111 e. The van der Waals surface area contributed by atoms with Crippen LogP contribution in [0.4, 0.5) is 0 Å². The number of hydrazine groups is 1. The van der Waals surface area contributed by atoms with Crippen molar-refractivity contribution >= 4 is 22.8 Å². The highest BCUT2D eigenvalue weighted by Gasteiger charge is 2.15. The molecule has 1 heterocycles. The SMILES string of the molecule is CCC(C)SCC(Cc1nc2ccccc2n1CC)NN. The summed E-state index contributed by atoms with van der Waals surface area (Å²) in [5.41, 5.74) is 5.23. The Balaban J connectivity index is 2.13. The number of aryl methyl sites for hydroxylation is 1. The van der Waals surface area contributed by atoms with Crippen molar-refractivity contribution in [2.45, 2.75) is 51.4 Å². The molecule has 4 nitrogen and oxygen atoms in total. The fourth-order valence-corrected chi connectivity index (χ4v) is 3.43. The highest BCUT2D eigenvalue weighted by Crippen LogP contribution is 2.19. The summed E-state index contributed by atoms with van der Waals surface area (Å²) in [6.07, 6.45) is 2.05. The first-order chi connectivity index (χ1) is 10.2. The Kier molecular flexibility index (Phi) is 6.08. The van der Waals surface area contributed by atoms with E-state index in [1.807, 2.05) is 17.8 Å². The van der Waals surface area contributed by atoms with Crippen LogP contribution in [-0.4, -0.2) is 26.6 Å². The number of fused-ring (bicyclic) bond motifs is 1. The second-order valence-corrected chi connectivity index (χ2v) is 6.85.